The molecule has 1 saturated carbocycles. The van der Waals surface area contributed by atoms with Gasteiger partial charge in [0.25, 0.3) is 0 Å². The van der Waals surface area contributed by atoms with Crippen molar-refractivity contribution in [1.29, 1.82) is 0 Å². The second-order valence-electron chi connectivity index (χ2n) is 6.94. The van der Waals surface area contributed by atoms with E-state index in [9.17, 15) is 14.3 Å². The van der Waals surface area contributed by atoms with Crippen LogP contribution in [0.2, 0.25) is 0 Å². The molecule has 8 heteroatoms. The average Bonchev–Trinajstić information content (AvgIpc) is 3.13. The number of carbonyl (C=O) groups is 1. The molecule has 2 aliphatic rings. The molecule has 1 aliphatic carbocycles. The van der Waals surface area contributed by atoms with Crippen LogP contribution < -0.4 is 15.4 Å². The number of nitrogens with two attached hydrogens (primary N) is 1. The lowest BCUT2D eigenvalue weighted by atomic mass is 9.93. The van der Waals surface area contributed by atoms with Gasteiger partial charge in [0.2, 0.25) is 0 Å². The van der Waals surface area contributed by atoms with Crippen LogP contribution in [0, 0.1) is 17.7 Å². The summed E-state index contributed by atoms with van der Waals surface area (Å²) in [5.41, 5.74) is 6.61. The van der Waals surface area contributed by atoms with Crippen molar-refractivity contribution >= 4 is 11.8 Å². The Balaban J connectivity index is 1.74. The first-order valence-corrected chi connectivity index (χ1v) is 8.57. The van der Waals surface area contributed by atoms with Gasteiger partial charge in [-0.2, -0.15) is 0 Å². The quantitative estimate of drug-likeness (QED) is 0.862. The topological polar surface area (TPSA) is 102 Å². The molecule has 2 fully saturated rings. The van der Waals surface area contributed by atoms with Crippen molar-refractivity contribution in [3.63, 3.8) is 0 Å². The summed E-state index contributed by atoms with van der Waals surface area (Å²) in [6.07, 6.45) is 2.09. The summed E-state index contributed by atoms with van der Waals surface area (Å²) < 4.78 is 24.0. The van der Waals surface area contributed by atoms with E-state index >= 15 is 0 Å². The van der Waals surface area contributed by atoms with Crippen molar-refractivity contribution in [1.82, 2.24) is 5.16 Å². The zero-order valence-corrected chi connectivity index (χ0v) is 14.3. The molecule has 1 aromatic carbocycles. The minimum atomic E-state index is -1.14. The van der Waals surface area contributed by atoms with Gasteiger partial charge in [0, 0.05) is 24.7 Å². The Hall–Kier alpha value is -2.61. The molecule has 7 nitrogen and oxygen atoms in total. The van der Waals surface area contributed by atoms with Gasteiger partial charge >= 0.3 is 5.97 Å². The molecule has 3 N–H and O–H groups in total. The Labute approximate surface area is 149 Å². The van der Waals surface area contributed by atoms with Crippen LogP contribution in [-0.4, -0.2) is 42.5 Å². The molecular weight excluding hydrogens is 341 g/mol. The van der Waals surface area contributed by atoms with Crippen molar-refractivity contribution < 1.29 is 23.6 Å². The molecule has 2 bridgehead atoms. The van der Waals surface area contributed by atoms with Gasteiger partial charge in [-0.1, -0.05) is 5.16 Å². The van der Waals surface area contributed by atoms with Crippen molar-refractivity contribution in [3.8, 4) is 17.1 Å². The van der Waals surface area contributed by atoms with E-state index in [0.29, 0.717) is 36.3 Å². The molecule has 1 aromatic heterocycles. The number of hydrogen-bond donors (Lipinski definition) is 2. The number of nitrogens with zero attached hydrogens (tertiary/aromatic N) is 2. The SMILES string of the molecule is COc1cc(-c2onc(N3C[C@H]4CC[C@@H](C3)C4N)c2C(=O)O)ccc1F. The summed E-state index contributed by atoms with van der Waals surface area (Å²) in [6.45, 7) is 1.33. The number of fused-ring (bicyclic) bond motifs is 2. The molecule has 26 heavy (non-hydrogen) atoms. The van der Waals surface area contributed by atoms with Gasteiger partial charge in [-0.25, -0.2) is 9.18 Å². The molecular formula is C18H20FN3O4. The molecule has 138 valence electrons. The molecule has 4 rings (SSSR count). The lowest BCUT2D eigenvalue weighted by molar-refractivity contribution is 0.0697. The van der Waals surface area contributed by atoms with Crippen LogP contribution in [0.3, 0.4) is 0 Å². The fourth-order valence-electron chi connectivity index (χ4n) is 4.13. The van der Waals surface area contributed by atoms with E-state index < -0.39 is 11.8 Å². The molecule has 2 heterocycles. The largest absolute Gasteiger partial charge is 0.494 e. The number of rotatable bonds is 4. The molecule has 3 atom stereocenters. The van der Waals surface area contributed by atoms with E-state index in [-0.39, 0.29) is 23.1 Å². The minimum absolute atomic E-state index is 0.0128. The predicted molar refractivity (Wildman–Crippen MR) is 91.8 cm³/mol. The molecule has 0 spiro atoms. The Morgan fingerprint density at radius 1 is 1.38 bits per heavy atom. The second-order valence-corrected chi connectivity index (χ2v) is 6.94. The Bertz CT molecular complexity index is 839. The summed E-state index contributed by atoms with van der Waals surface area (Å²) in [6, 6.07) is 4.22. The predicted octanol–water partition coefficient (Wildman–Crippen LogP) is 2.36. The first-order chi connectivity index (χ1) is 12.5. The van der Waals surface area contributed by atoms with E-state index in [1.165, 1.54) is 25.3 Å². The standard InChI is InChI=1S/C18H20FN3O4/c1-25-13-6-9(4-5-12(13)19)16-14(18(23)24)17(21-26-16)22-7-10-2-3-11(8-22)15(10)20/h4-6,10-11,15H,2-3,7-8,20H2,1H3,(H,23,24)/t10-,11+,15?. The number of aromatic carboxylic acids is 1. The number of benzene rings is 1. The molecule has 1 aliphatic heterocycles. The maximum absolute atomic E-state index is 13.7. The molecule has 0 amide bonds. The van der Waals surface area contributed by atoms with Crippen molar-refractivity contribution in [3.05, 3.63) is 29.6 Å². The van der Waals surface area contributed by atoms with Crippen molar-refractivity contribution in [2.45, 2.75) is 18.9 Å². The number of aromatic nitrogens is 1. The van der Waals surface area contributed by atoms with E-state index in [2.05, 4.69) is 5.16 Å². The van der Waals surface area contributed by atoms with Crippen LogP contribution in [0.4, 0.5) is 10.2 Å². The highest BCUT2D eigenvalue weighted by Crippen LogP contribution is 2.40. The molecule has 2 aromatic rings. The summed E-state index contributed by atoms with van der Waals surface area (Å²) in [5.74, 6) is -0.592. The van der Waals surface area contributed by atoms with Gasteiger partial charge in [0.05, 0.1) is 7.11 Å². The van der Waals surface area contributed by atoms with E-state index in [0.717, 1.165) is 12.8 Å². The van der Waals surface area contributed by atoms with Gasteiger partial charge in [-0.05, 0) is 42.9 Å². The number of halogens is 1. The first kappa shape index (κ1) is 16.8. The van der Waals surface area contributed by atoms with E-state index in [1.807, 2.05) is 4.90 Å². The Morgan fingerprint density at radius 3 is 2.69 bits per heavy atom. The first-order valence-electron chi connectivity index (χ1n) is 8.57. The third-order valence-electron chi connectivity index (χ3n) is 5.51. The number of hydrogen-bond acceptors (Lipinski definition) is 6. The number of carboxylic acid groups (broad SMARTS) is 1. The summed E-state index contributed by atoms with van der Waals surface area (Å²) in [5, 5.41) is 13.8. The number of piperidine rings is 1. The summed E-state index contributed by atoms with van der Waals surface area (Å²) >= 11 is 0. The fourth-order valence-corrected chi connectivity index (χ4v) is 4.13. The number of ether oxygens (including phenoxy) is 1. The normalized spacial score (nSPS) is 24.7. The average molecular weight is 361 g/mol. The number of carboxylic acids is 1. The monoisotopic (exact) mass is 361 g/mol. The zero-order valence-electron chi connectivity index (χ0n) is 14.3. The number of methoxy groups -OCH3 is 1. The van der Waals surface area contributed by atoms with Crippen molar-refractivity contribution in [2.75, 3.05) is 25.1 Å². The number of anilines is 1. The summed E-state index contributed by atoms with van der Waals surface area (Å²) in [7, 11) is 1.35. The van der Waals surface area contributed by atoms with E-state index in [4.69, 9.17) is 15.0 Å². The third-order valence-corrected chi connectivity index (χ3v) is 5.51. The highest BCUT2D eigenvalue weighted by atomic mass is 19.1. The van der Waals surface area contributed by atoms with Crippen LogP contribution in [0.15, 0.2) is 22.7 Å². The van der Waals surface area contributed by atoms with Gasteiger partial charge in [-0.3, -0.25) is 0 Å². The van der Waals surface area contributed by atoms with Crippen molar-refractivity contribution in [2.24, 2.45) is 17.6 Å². The maximum Gasteiger partial charge on any atom is 0.343 e. The highest BCUT2D eigenvalue weighted by Gasteiger charge is 2.42. The Kier molecular flexibility index (Phi) is 4.07. The van der Waals surface area contributed by atoms with Gasteiger partial charge in [-0.15, -0.1) is 0 Å². The van der Waals surface area contributed by atoms with Crippen LogP contribution in [-0.2, 0) is 0 Å². The lowest BCUT2D eigenvalue weighted by Gasteiger charge is -2.36. The fraction of sp³-hybridized carbons (Fsp3) is 0.444. The summed E-state index contributed by atoms with van der Waals surface area (Å²) in [4.78, 5) is 13.9. The Morgan fingerprint density at radius 2 is 2.08 bits per heavy atom. The maximum atomic E-state index is 13.7. The molecule has 0 radical (unpaired) electrons. The van der Waals surface area contributed by atoms with Gasteiger partial charge in [0.15, 0.2) is 28.7 Å². The second kappa shape index (κ2) is 6.28. The van der Waals surface area contributed by atoms with Crippen LogP contribution in [0.5, 0.6) is 5.75 Å². The lowest BCUT2D eigenvalue weighted by Crippen LogP contribution is -2.49. The highest BCUT2D eigenvalue weighted by molar-refractivity contribution is 5.99. The van der Waals surface area contributed by atoms with Crippen LogP contribution in [0.1, 0.15) is 23.2 Å². The van der Waals surface area contributed by atoms with E-state index in [1.54, 1.807) is 0 Å². The smallest absolute Gasteiger partial charge is 0.343 e. The zero-order chi connectivity index (χ0) is 18.4. The van der Waals surface area contributed by atoms with Crippen LogP contribution >= 0.6 is 0 Å². The van der Waals surface area contributed by atoms with Gasteiger partial charge in [0.1, 0.15) is 0 Å². The van der Waals surface area contributed by atoms with Crippen LogP contribution in [0.25, 0.3) is 11.3 Å². The molecule has 1 unspecified atom stereocenters. The molecule has 1 saturated heterocycles. The van der Waals surface area contributed by atoms with Gasteiger partial charge < -0.3 is 25.0 Å². The third kappa shape index (κ3) is 2.61. The minimum Gasteiger partial charge on any atom is -0.494 e.